The molecule has 0 aromatic heterocycles. The number of para-hydroxylation sites is 1. The summed E-state index contributed by atoms with van der Waals surface area (Å²) in [6, 6.07) is 5.61. The summed E-state index contributed by atoms with van der Waals surface area (Å²) < 4.78 is 31.6. The molecular weight excluding hydrogens is 224 g/mol. The van der Waals surface area contributed by atoms with Crippen molar-refractivity contribution in [3.63, 3.8) is 0 Å². The zero-order valence-corrected chi connectivity index (χ0v) is 10.1. The molecule has 17 heavy (non-hydrogen) atoms. The summed E-state index contributed by atoms with van der Waals surface area (Å²) in [6.07, 6.45) is -0.368. The van der Waals surface area contributed by atoms with Gasteiger partial charge in [0.05, 0.1) is 7.11 Å². The second-order valence-corrected chi connectivity index (χ2v) is 4.85. The first-order valence-corrected chi connectivity index (χ1v) is 5.66. The van der Waals surface area contributed by atoms with Crippen LogP contribution in [0.2, 0.25) is 0 Å². The lowest BCUT2D eigenvalue weighted by atomic mass is 9.61. The van der Waals surface area contributed by atoms with E-state index < -0.39 is 11.3 Å². The minimum absolute atomic E-state index is 0.184. The van der Waals surface area contributed by atoms with Crippen molar-refractivity contribution < 1.29 is 13.5 Å². The van der Waals surface area contributed by atoms with Gasteiger partial charge >= 0.3 is 0 Å². The molecule has 0 spiro atoms. The highest BCUT2D eigenvalue weighted by molar-refractivity contribution is 5.47. The molecule has 94 valence electrons. The largest absolute Gasteiger partial charge is 0.496 e. The summed E-state index contributed by atoms with van der Waals surface area (Å²) >= 11 is 0. The highest BCUT2D eigenvalue weighted by Gasteiger charge is 2.57. The Hall–Kier alpha value is -1.16. The number of hydrogen-bond donors (Lipinski definition) is 1. The van der Waals surface area contributed by atoms with Crippen molar-refractivity contribution in [3.8, 4) is 5.75 Å². The van der Waals surface area contributed by atoms with E-state index >= 15 is 0 Å². The minimum Gasteiger partial charge on any atom is -0.496 e. The Bertz CT molecular complexity index is 423. The average Bonchev–Trinajstić information content (AvgIpc) is 2.25. The molecule has 0 atom stereocenters. The van der Waals surface area contributed by atoms with Crippen LogP contribution in [0.5, 0.6) is 5.75 Å². The van der Waals surface area contributed by atoms with E-state index in [4.69, 9.17) is 10.5 Å². The van der Waals surface area contributed by atoms with Gasteiger partial charge in [-0.25, -0.2) is 8.78 Å². The fourth-order valence-corrected chi connectivity index (χ4v) is 2.72. The van der Waals surface area contributed by atoms with E-state index in [-0.39, 0.29) is 19.4 Å². The molecule has 2 N–H and O–H groups in total. The molecule has 0 heterocycles. The van der Waals surface area contributed by atoms with Crippen LogP contribution in [0.15, 0.2) is 18.2 Å². The van der Waals surface area contributed by atoms with Crippen molar-refractivity contribution in [2.75, 3.05) is 13.7 Å². The maximum absolute atomic E-state index is 13.1. The number of halogens is 2. The van der Waals surface area contributed by atoms with Crippen LogP contribution in [-0.4, -0.2) is 19.6 Å². The Morgan fingerprint density at radius 1 is 1.35 bits per heavy atom. The summed E-state index contributed by atoms with van der Waals surface area (Å²) in [6.45, 7) is 2.13. The van der Waals surface area contributed by atoms with Crippen molar-refractivity contribution in [2.24, 2.45) is 5.73 Å². The molecule has 0 bridgehead atoms. The predicted molar refractivity (Wildman–Crippen MR) is 62.6 cm³/mol. The van der Waals surface area contributed by atoms with Gasteiger partial charge in [0, 0.05) is 30.4 Å². The Labute approximate surface area is 99.8 Å². The summed E-state index contributed by atoms with van der Waals surface area (Å²) in [5, 5.41) is 0. The van der Waals surface area contributed by atoms with E-state index in [0.717, 1.165) is 11.1 Å². The van der Waals surface area contributed by atoms with Gasteiger partial charge in [-0.05, 0) is 12.5 Å². The molecule has 1 aromatic rings. The maximum atomic E-state index is 13.1. The molecule has 0 aliphatic heterocycles. The number of alkyl halides is 2. The lowest BCUT2D eigenvalue weighted by molar-refractivity contribution is -0.124. The third kappa shape index (κ3) is 1.90. The highest BCUT2D eigenvalue weighted by Crippen LogP contribution is 2.55. The fraction of sp³-hybridized carbons (Fsp3) is 0.538. The Morgan fingerprint density at radius 2 is 2.00 bits per heavy atom. The van der Waals surface area contributed by atoms with Crippen LogP contribution in [0, 0.1) is 6.92 Å². The van der Waals surface area contributed by atoms with Gasteiger partial charge < -0.3 is 10.5 Å². The Kier molecular flexibility index (Phi) is 2.86. The van der Waals surface area contributed by atoms with E-state index in [1.807, 2.05) is 25.1 Å². The fourth-order valence-electron chi connectivity index (χ4n) is 2.72. The summed E-state index contributed by atoms with van der Waals surface area (Å²) in [5.41, 5.74) is 6.85. The third-order valence-electron chi connectivity index (χ3n) is 3.57. The van der Waals surface area contributed by atoms with Gasteiger partial charge in [-0.15, -0.1) is 0 Å². The van der Waals surface area contributed by atoms with Crippen LogP contribution in [0.1, 0.15) is 24.0 Å². The molecular formula is C13H17F2NO. The first kappa shape index (κ1) is 12.3. The van der Waals surface area contributed by atoms with E-state index in [1.54, 1.807) is 7.11 Å². The number of aryl methyl sites for hydroxylation is 1. The topological polar surface area (TPSA) is 35.2 Å². The van der Waals surface area contributed by atoms with Crippen LogP contribution >= 0.6 is 0 Å². The first-order valence-electron chi connectivity index (χ1n) is 5.66. The number of hydrogen-bond acceptors (Lipinski definition) is 2. The number of ether oxygens (including phenoxy) is 1. The molecule has 1 aliphatic carbocycles. The predicted octanol–water partition coefficient (Wildman–Crippen LogP) is 2.63. The SMILES string of the molecule is COc1c(C)cccc1C1(CN)CC(F)(F)C1. The second kappa shape index (κ2) is 3.95. The molecule has 1 fully saturated rings. The monoisotopic (exact) mass is 241 g/mol. The van der Waals surface area contributed by atoms with Crippen molar-refractivity contribution in [2.45, 2.75) is 31.1 Å². The maximum Gasteiger partial charge on any atom is 0.250 e. The first-order chi connectivity index (χ1) is 7.94. The van der Waals surface area contributed by atoms with Gasteiger partial charge in [-0.1, -0.05) is 18.2 Å². The number of rotatable bonds is 3. The van der Waals surface area contributed by atoms with Crippen LogP contribution in [0.25, 0.3) is 0 Å². The molecule has 1 aliphatic rings. The standard InChI is InChI=1S/C13H17F2NO/c1-9-4-3-5-10(11(9)17-2)12(8-16)6-13(14,15)7-12/h3-5H,6-8,16H2,1-2H3. The molecule has 0 saturated heterocycles. The van der Waals surface area contributed by atoms with Crippen LogP contribution in [0.4, 0.5) is 8.78 Å². The van der Waals surface area contributed by atoms with Crippen molar-refractivity contribution in [1.29, 1.82) is 0 Å². The summed E-state index contributed by atoms with van der Waals surface area (Å²) in [5.74, 6) is -1.90. The lowest BCUT2D eigenvalue weighted by Gasteiger charge is -2.47. The van der Waals surface area contributed by atoms with Gasteiger partial charge in [-0.2, -0.15) is 0 Å². The average molecular weight is 241 g/mol. The zero-order chi connectivity index (χ0) is 12.7. The van der Waals surface area contributed by atoms with Gasteiger partial charge in [0.2, 0.25) is 5.92 Å². The molecule has 0 radical (unpaired) electrons. The Balaban J connectivity index is 2.43. The van der Waals surface area contributed by atoms with E-state index in [9.17, 15) is 8.78 Å². The van der Waals surface area contributed by atoms with Gasteiger partial charge in [0.25, 0.3) is 0 Å². The summed E-state index contributed by atoms with van der Waals surface area (Å²) in [4.78, 5) is 0. The minimum atomic E-state index is -2.59. The molecule has 0 amide bonds. The number of nitrogens with two attached hydrogens (primary N) is 1. The second-order valence-electron chi connectivity index (χ2n) is 4.85. The normalized spacial score (nSPS) is 20.8. The summed E-state index contributed by atoms with van der Waals surface area (Å²) in [7, 11) is 1.56. The lowest BCUT2D eigenvalue weighted by Crippen LogP contribution is -2.53. The molecule has 0 unspecified atom stereocenters. The highest BCUT2D eigenvalue weighted by atomic mass is 19.3. The molecule has 1 saturated carbocycles. The van der Waals surface area contributed by atoms with Crippen LogP contribution in [-0.2, 0) is 5.41 Å². The molecule has 2 nitrogen and oxygen atoms in total. The van der Waals surface area contributed by atoms with E-state index in [1.165, 1.54) is 0 Å². The van der Waals surface area contributed by atoms with Gasteiger partial charge in [-0.3, -0.25) is 0 Å². The van der Waals surface area contributed by atoms with Crippen molar-refractivity contribution in [1.82, 2.24) is 0 Å². The van der Waals surface area contributed by atoms with Crippen molar-refractivity contribution in [3.05, 3.63) is 29.3 Å². The third-order valence-corrected chi connectivity index (χ3v) is 3.57. The Morgan fingerprint density at radius 3 is 2.47 bits per heavy atom. The smallest absolute Gasteiger partial charge is 0.250 e. The van der Waals surface area contributed by atoms with E-state index in [2.05, 4.69) is 0 Å². The van der Waals surface area contributed by atoms with Gasteiger partial charge in [0.15, 0.2) is 0 Å². The van der Waals surface area contributed by atoms with Crippen molar-refractivity contribution >= 4 is 0 Å². The molecule has 1 aromatic carbocycles. The van der Waals surface area contributed by atoms with Crippen LogP contribution < -0.4 is 10.5 Å². The quantitative estimate of drug-likeness (QED) is 0.883. The molecule has 4 heteroatoms. The van der Waals surface area contributed by atoms with Gasteiger partial charge in [0.1, 0.15) is 5.75 Å². The molecule has 2 rings (SSSR count). The zero-order valence-electron chi connectivity index (χ0n) is 10.1. The number of methoxy groups -OCH3 is 1. The number of benzene rings is 1. The van der Waals surface area contributed by atoms with Crippen LogP contribution in [0.3, 0.4) is 0 Å². The van der Waals surface area contributed by atoms with E-state index in [0.29, 0.717) is 5.75 Å².